The molecule has 3 atom stereocenters. The van der Waals surface area contributed by atoms with Crippen LogP contribution >= 0.6 is 0 Å². The molecule has 2 N–H and O–H groups in total. The highest BCUT2D eigenvalue weighted by atomic mass is 16.2. The van der Waals surface area contributed by atoms with Gasteiger partial charge in [0.1, 0.15) is 6.33 Å². The van der Waals surface area contributed by atoms with E-state index >= 15 is 0 Å². The normalized spacial score (nSPS) is 26.7. The van der Waals surface area contributed by atoms with Gasteiger partial charge in [0.2, 0.25) is 5.82 Å². The van der Waals surface area contributed by atoms with E-state index in [1.807, 2.05) is 22.9 Å². The third-order valence-electron chi connectivity index (χ3n) is 4.69. The summed E-state index contributed by atoms with van der Waals surface area (Å²) in [6, 6.07) is 10.8. The molecule has 6 heteroatoms. The largest absolute Gasteiger partial charge is 0.346 e. The van der Waals surface area contributed by atoms with Gasteiger partial charge in [-0.05, 0) is 31.4 Å². The summed E-state index contributed by atoms with van der Waals surface area (Å²) in [5.41, 5.74) is 1.28. The van der Waals surface area contributed by atoms with Crippen molar-refractivity contribution in [3.63, 3.8) is 0 Å². The van der Waals surface area contributed by atoms with Crippen molar-refractivity contribution in [2.75, 3.05) is 13.1 Å². The summed E-state index contributed by atoms with van der Waals surface area (Å²) in [4.78, 5) is 16.5. The highest BCUT2D eigenvalue weighted by Gasteiger charge is 2.40. The number of carbonyl (C=O) groups is 1. The Kier molecular flexibility index (Phi) is 3.83. The Morgan fingerprint density at radius 1 is 1.30 bits per heavy atom. The van der Waals surface area contributed by atoms with Crippen LogP contribution in [0.5, 0.6) is 0 Å². The van der Waals surface area contributed by atoms with Crippen molar-refractivity contribution in [1.29, 1.82) is 0 Å². The van der Waals surface area contributed by atoms with Crippen LogP contribution in [-0.2, 0) is 0 Å². The molecule has 1 saturated carbocycles. The van der Waals surface area contributed by atoms with Gasteiger partial charge in [-0.15, -0.1) is 5.10 Å². The molecule has 1 aromatic heterocycles. The molecule has 0 unspecified atom stereocenters. The van der Waals surface area contributed by atoms with Gasteiger partial charge in [-0.2, -0.15) is 0 Å². The molecule has 2 fully saturated rings. The smallest absolute Gasteiger partial charge is 0.291 e. The molecule has 0 bridgehead atoms. The lowest BCUT2D eigenvalue weighted by Crippen LogP contribution is -2.32. The predicted molar refractivity (Wildman–Crippen MR) is 86.2 cm³/mol. The fraction of sp³-hybridized carbons (Fsp3) is 0.471. The van der Waals surface area contributed by atoms with Crippen molar-refractivity contribution in [2.24, 2.45) is 0 Å². The highest BCUT2D eigenvalue weighted by Crippen LogP contribution is 2.40. The van der Waals surface area contributed by atoms with Gasteiger partial charge in [-0.25, -0.2) is 9.67 Å². The van der Waals surface area contributed by atoms with Crippen LogP contribution in [0.3, 0.4) is 0 Å². The van der Waals surface area contributed by atoms with E-state index in [0.29, 0.717) is 12.0 Å². The van der Waals surface area contributed by atoms with E-state index in [2.05, 4.69) is 32.8 Å². The van der Waals surface area contributed by atoms with Crippen LogP contribution in [0.15, 0.2) is 36.7 Å². The topological polar surface area (TPSA) is 71.8 Å². The highest BCUT2D eigenvalue weighted by molar-refractivity contribution is 5.90. The Labute approximate surface area is 135 Å². The minimum Gasteiger partial charge on any atom is -0.346 e. The van der Waals surface area contributed by atoms with E-state index in [4.69, 9.17) is 0 Å². The number of carbonyl (C=O) groups excluding carboxylic acids is 1. The molecule has 1 saturated heterocycles. The molecule has 6 nitrogen and oxygen atoms in total. The van der Waals surface area contributed by atoms with Gasteiger partial charge in [-0.3, -0.25) is 4.79 Å². The van der Waals surface area contributed by atoms with Crippen molar-refractivity contribution in [1.82, 2.24) is 25.4 Å². The number of piperidine rings is 1. The number of nitrogens with zero attached hydrogens (tertiary/aromatic N) is 3. The summed E-state index contributed by atoms with van der Waals surface area (Å²) < 4.78 is 1.82. The van der Waals surface area contributed by atoms with Crippen LogP contribution in [0.4, 0.5) is 0 Å². The lowest BCUT2D eigenvalue weighted by atomic mass is 10.1. The maximum absolute atomic E-state index is 12.3. The first kappa shape index (κ1) is 14.4. The standard InChI is InChI=1S/C17H21N5O/c23-17(20-15-9-14(15)12-5-2-1-3-6-12)16-19-11-22(21-16)13-7-4-8-18-10-13/h1-3,5-6,11,13-15,18H,4,7-10H2,(H,20,23)/t13-,14+,15+/m0/s1. The van der Waals surface area contributed by atoms with Crippen LogP contribution in [0.1, 0.15) is 47.4 Å². The Bertz CT molecular complexity index is 677. The average molecular weight is 311 g/mol. The van der Waals surface area contributed by atoms with Crippen molar-refractivity contribution in [3.05, 3.63) is 48.0 Å². The number of nitrogens with one attached hydrogen (secondary N) is 2. The van der Waals surface area contributed by atoms with E-state index in [1.165, 1.54) is 5.56 Å². The molecule has 1 aliphatic carbocycles. The van der Waals surface area contributed by atoms with Crippen LogP contribution in [0, 0.1) is 0 Å². The van der Waals surface area contributed by atoms with Gasteiger partial charge >= 0.3 is 0 Å². The molecule has 2 heterocycles. The molecule has 4 rings (SSSR count). The second-order valence-corrected chi connectivity index (χ2v) is 6.38. The number of rotatable bonds is 4. The quantitative estimate of drug-likeness (QED) is 0.897. The molecular weight excluding hydrogens is 290 g/mol. The Hall–Kier alpha value is -2.21. The number of benzene rings is 1. The first-order valence-electron chi connectivity index (χ1n) is 8.29. The fourth-order valence-electron chi connectivity index (χ4n) is 3.27. The lowest BCUT2D eigenvalue weighted by molar-refractivity contribution is 0.0939. The summed E-state index contributed by atoms with van der Waals surface area (Å²) in [6.45, 7) is 1.95. The predicted octanol–water partition coefficient (Wildman–Crippen LogP) is 1.49. The average Bonchev–Trinajstić information content (AvgIpc) is 3.19. The number of amides is 1. The Morgan fingerprint density at radius 2 is 2.17 bits per heavy atom. The van der Waals surface area contributed by atoms with Crippen molar-refractivity contribution >= 4 is 5.91 Å². The van der Waals surface area contributed by atoms with E-state index in [0.717, 1.165) is 32.4 Å². The molecule has 2 aliphatic rings. The zero-order valence-corrected chi connectivity index (χ0v) is 13.0. The Balaban J connectivity index is 1.36. The second-order valence-electron chi connectivity index (χ2n) is 6.38. The van der Waals surface area contributed by atoms with Crippen LogP contribution < -0.4 is 10.6 Å². The molecule has 1 aliphatic heterocycles. The SMILES string of the molecule is O=C(N[C@@H]1C[C@@H]1c1ccccc1)c1ncn([C@H]2CCCNC2)n1. The number of hydrogen-bond donors (Lipinski definition) is 2. The Morgan fingerprint density at radius 3 is 2.96 bits per heavy atom. The van der Waals surface area contributed by atoms with Crippen molar-refractivity contribution < 1.29 is 4.79 Å². The van der Waals surface area contributed by atoms with E-state index in [9.17, 15) is 4.79 Å². The fourth-order valence-corrected chi connectivity index (χ4v) is 3.27. The summed E-state index contributed by atoms with van der Waals surface area (Å²) in [7, 11) is 0. The molecular formula is C17H21N5O. The minimum absolute atomic E-state index is 0.170. The van der Waals surface area contributed by atoms with Gasteiger partial charge in [0.25, 0.3) is 5.91 Å². The summed E-state index contributed by atoms with van der Waals surface area (Å²) in [5.74, 6) is 0.523. The van der Waals surface area contributed by atoms with Crippen LogP contribution in [0.25, 0.3) is 0 Å². The van der Waals surface area contributed by atoms with Gasteiger partial charge in [-0.1, -0.05) is 30.3 Å². The number of hydrogen-bond acceptors (Lipinski definition) is 4. The third-order valence-corrected chi connectivity index (χ3v) is 4.69. The molecule has 2 aromatic rings. The van der Waals surface area contributed by atoms with E-state index in [-0.39, 0.29) is 17.8 Å². The van der Waals surface area contributed by atoms with E-state index < -0.39 is 0 Å². The minimum atomic E-state index is -0.170. The van der Waals surface area contributed by atoms with E-state index in [1.54, 1.807) is 6.33 Å². The van der Waals surface area contributed by atoms with Crippen LogP contribution in [0.2, 0.25) is 0 Å². The van der Waals surface area contributed by atoms with Crippen LogP contribution in [-0.4, -0.2) is 39.8 Å². The van der Waals surface area contributed by atoms with Crippen molar-refractivity contribution in [3.8, 4) is 0 Å². The molecule has 0 spiro atoms. The monoisotopic (exact) mass is 311 g/mol. The third kappa shape index (κ3) is 3.12. The summed E-state index contributed by atoms with van der Waals surface area (Å²) in [6.07, 6.45) is 4.88. The van der Waals surface area contributed by atoms with Crippen molar-refractivity contribution in [2.45, 2.75) is 37.3 Å². The van der Waals surface area contributed by atoms with Gasteiger partial charge < -0.3 is 10.6 Å². The zero-order chi connectivity index (χ0) is 15.6. The lowest BCUT2D eigenvalue weighted by Gasteiger charge is -2.22. The molecule has 120 valence electrons. The molecule has 0 radical (unpaired) electrons. The molecule has 23 heavy (non-hydrogen) atoms. The maximum Gasteiger partial charge on any atom is 0.291 e. The number of aromatic nitrogens is 3. The second kappa shape index (κ2) is 6.12. The van der Waals surface area contributed by atoms with Gasteiger partial charge in [0.05, 0.1) is 6.04 Å². The molecule has 1 aromatic carbocycles. The van der Waals surface area contributed by atoms with Gasteiger partial charge in [0, 0.05) is 18.5 Å². The maximum atomic E-state index is 12.3. The molecule has 1 amide bonds. The summed E-state index contributed by atoms with van der Waals surface area (Å²) >= 11 is 0. The first-order valence-corrected chi connectivity index (χ1v) is 8.29. The first-order chi connectivity index (χ1) is 11.3. The zero-order valence-electron chi connectivity index (χ0n) is 13.0. The summed E-state index contributed by atoms with van der Waals surface area (Å²) in [5, 5.41) is 10.8. The van der Waals surface area contributed by atoms with Gasteiger partial charge in [0.15, 0.2) is 0 Å².